The van der Waals surface area contributed by atoms with E-state index in [1.54, 1.807) is 27.1 Å². The molecule has 20 heavy (non-hydrogen) atoms. The van der Waals surface area contributed by atoms with E-state index in [0.29, 0.717) is 18.8 Å². The molecule has 0 saturated carbocycles. The smallest absolute Gasteiger partial charge is 0.276 e. The molecule has 0 spiro atoms. The number of amides is 1. The van der Waals surface area contributed by atoms with Gasteiger partial charge in [0.1, 0.15) is 0 Å². The molecular formula is C13H17N5OS. The van der Waals surface area contributed by atoms with Crippen molar-refractivity contribution < 1.29 is 4.79 Å². The Hall–Kier alpha value is -1.73. The lowest BCUT2D eigenvalue weighted by Crippen LogP contribution is -2.45. The fourth-order valence-corrected chi connectivity index (χ4v) is 3.09. The van der Waals surface area contributed by atoms with Crippen LogP contribution in [0.4, 0.5) is 0 Å². The number of nitrogens with zero attached hydrogens (tertiary/aromatic N) is 4. The number of thiophene rings is 1. The molecular weight excluding hydrogens is 274 g/mol. The largest absolute Gasteiger partial charge is 0.336 e. The lowest BCUT2D eigenvalue weighted by molar-refractivity contribution is 0.0702. The molecule has 1 aliphatic heterocycles. The van der Waals surface area contributed by atoms with Gasteiger partial charge in [-0.1, -0.05) is 11.3 Å². The molecule has 106 valence electrons. The van der Waals surface area contributed by atoms with Gasteiger partial charge in [-0.25, -0.2) is 4.68 Å². The van der Waals surface area contributed by atoms with Gasteiger partial charge in [-0.15, -0.1) is 16.4 Å². The highest BCUT2D eigenvalue weighted by Gasteiger charge is 2.24. The maximum absolute atomic E-state index is 12.3. The molecule has 6 nitrogen and oxygen atoms in total. The van der Waals surface area contributed by atoms with E-state index in [0.717, 1.165) is 19.4 Å². The Morgan fingerprint density at radius 1 is 1.55 bits per heavy atom. The molecule has 0 aliphatic carbocycles. The van der Waals surface area contributed by atoms with Gasteiger partial charge in [-0.3, -0.25) is 4.79 Å². The summed E-state index contributed by atoms with van der Waals surface area (Å²) in [6.45, 7) is 2.01. The summed E-state index contributed by atoms with van der Waals surface area (Å²) >= 11 is 1.66. The first-order chi connectivity index (χ1) is 9.72. The van der Waals surface area contributed by atoms with Crippen molar-refractivity contribution in [2.75, 3.05) is 13.1 Å². The van der Waals surface area contributed by atoms with E-state index < -0.39 is 0 Å². The number of rotatable bonds is 3. The zero-order chi connectivity index (χ0) is 13.9. The minimum atomic E-state index is -0.0717. The van der Waals surface area contributed by atoms with E-state index in [1.165, 1.54) is 4.88 Å². The van der Waals surface area contributed by atoms with Crippen molar-refractivity contribution >= 4 is 17.2 Å². The summed E-state index contributed by atoms with van der Waals surface area (Å²) < 4.78 is 1.70. The topological polar surface area (TPSA) is 77.0 Å². The number of carbonyl (C=O) groups excluding carboxylic acids is 1. The number of carbonyl (C=O) groups is 1. The molecule has 1 atom stereocenters. The lowest BCUT2D eigenvalue weighted by atomic mass is 10.1. The van der Waals surface area contributed by atoms with Gasteiger partial charge in [0.2, 0.25) is 0 Å². The number of aromatic nitrogens is 3. The van der Waals surface area contributed by atoms with Gasteiger partial charge >= 0.3 is 0 Å². The quantitative estimate of drug-likeness (QED) is 0.913. The Morgan fingerprint density at radius 2 is 2.45 bits per heavy atom. The van der Waals surface area contributed by atoms with E-state index in [9.17, 15) is 4.79 Å². The first-order valence-corrected chi connectivity index (χ1v) is 7.58. The molecule has 1 amide bonds. The van der Waals surface area contributed by atoms with Crippen molar-refractivity contribution in [1.29, 1.82) is 0 Å². The van der Waals surface area contributed by atoms with Crippen LogP contribution in [0, 0.1) is 0 Å². The van der Waals surface area contributed by atoms with Crippen molar-refractivity contribution in [1.82, 2.24) is 19.9 Å². The van der Waals surface area contributed by atoms with Gasteiger partial charge in [0.05, 0.1) is 12.7 Å². The third-order valence-corrected chi connectivity index (χ3v) is 4.26. The zero-order valence-corrected chi connectivity index (χ0v) is 11.9. The van der Waals surface area contributed by atoms with Crippen LogP contribution in [-0.2, 0) is 6.54 Å². The third kappa shape index (κ3) is 2.88. The summed E-state index contributed by atoms with van der Waals surface area (Å²) in [6, 6.07) is 4.11. The maximum Gasteiger partial charge on any atom is 0.276 e. The van der Waals surface area contributed by atoms with Crippen molar-refractivity contribution in [3.63, 3.8) is 0 Å². The summed E-state index contributed by atoms with van der Waals surface area (Å²) in [7, 11) is 0. The minimum absolute atomic E-state index is 0.0717. The highest BCUT2D eigenvalue weighted by Crippen LogP contribution is 2.13. The predicted octanol–water partition coefficient (Wildman–Crippen LogP) is 0.951. The molecule has 3 heterocycles. The molecule has 0 aromatic carbocycles. The molecule has 0 bridgehead atoms. The second-order valence-corrected chi connectivity index (χ2v) is 6.07. The number of nitrogens with two attached hydrogens (primary N) is 1. The molecule has 1 aliphatic rings. The van der Waals surface area contributed by atoms with Crippen molar-refractivity contribution in [3.8, 4) is 0 Å². The van der Waals surface area contributed by atoms with Crippen molar-refractivity contribution in [2.24, 2.45) is 5.73 Å². The van der Waals surface area contributed by atoms with Gasteiger partial charge < -0.3 is 10.6 Å². The molecule has 1 fully saturated rings. The third-order valence-electron chi connectivity index (χ3n) is 3.40. The van der Waals surface area contributed by atoms with Crippen LogP contribution < -0.4 is 5.73 Å². The normalized spacial score (nSPS) is 19.2. The Balaban J connectivity index is 1.68. The van der Waals surface area contributed by atoms with Gasteiger partial charge in [0.15, 0.2) is 5.69 Å². The van der Waals surface area contributed by atoms with Crippen LogP contribution in [-0.4, -0.2) is 44.9 Å². The lowest BCUT2D eigenvalue weighted by Gasteiger charge is -2.30. The Kier molecular flexibility index (Phi) is 3.79. The standard InChI is InChI=1S/C13H17N5OS/c14-10-3-1-5-17(7-10)13(19)12-9-18(16-15-12)8-11-4-2-6-20-11/h2,4,6,9-10H,1,3,5,7-8,14H2. The van der Waals surface area contributed by atoms with Crippen LogP contribution in [0.5, 0.6) is 0 Å². The van der Waals surface area contributed by atoms with Crippen LogP contribution in [0.3, 0.4) is 0 Å². The second kappa shape index (κ2) is 5.72. The van der Waals surface area contributed by atoms with Crippen molar-refractivity contribution in [2.45, 2.75) is 25.4 Å². The molecule has 1 saturated heterocycles. The highest BCUT2D eigenvalue weighted by atomic mass is 32.1. The Labute approximate surface area is 121 Å². The van der Waals surface area contributed by atoms with E-state index >= 15 is 0 Å². The first kappa shape index (κ1) is 13.3. The summed E-state index contributed by atoms with van der Waals surface area (Å²) in [5.41, 5.74) is 6.30. The average molecular weight is 291 g/mol. The van der Waals surface area contributed by atoms with E-state index in [4.69, 9.17) is 5.73 Å². The first-order valence-electron chi connectivity index (χ1n) is 6.70. The summed E-state index contributed by atoms with van der Waals surface area (Å²) in [4.78, 5) is 15.3. The van der Waals surface area contributed by atoms with Crippen LogP contribution in [0.1, 0.15) is 28.2 Å². The number of likely N-dealkylation sites (tertiary alicyclic amines) is 1. The summed E-state index contributed by atoms with van der Waals surface area (Å²) in [5, 5.41) is 10.0. The molecule has 2 aromatic rings. The molecule has 2 N–H and O–H groups in total. The summed E-state index contributed by atoms with van der Waals surface area (Å²) in [5.74, 6) is -0.0717. The Morgan fingerprint density at radius 3 is 3.20 bits per heavy atom. The number of hydrogen-bond acceptors (Lipinski definition) is 5. The number of hydrogen-bond donors (Lipinski definition) is 1. The zero-order valence-electron chi connectivity index (χ0n) is 11.1. The van der Waals surface area contributed by atoms with Crippen LogP contribution in [0.25, 0.3) is 0 Å². The monoisotopic (exact) mass is 291 g/mol. The van der Waals surface area contributed by atoms with Gasteiger partial charge in [0.25, 0.3) is 5.91 Å². The molecule has 2 aromatic heterocycles. The highest BCUT2D eigenvalue weighted by molar-refractivity contribution is 7.09. The fourth-order valence-electron chi connectivity index (χ4n) is 2.39. The van der Waals surface area contributed by atoms with Crippen LogP contribution in [0.15, 0.2) is 23.7 Å². The van der Waals surface area contributed by atoms with Gasteiger partial charge in [-0.05, 0) is 24.3 Å². The van der Waals surface area contributed by atoms with Crippen molar-refractivity contribution in [3.05, 3.63) is 34.3 Å². The summed E-state index contributed by atoms with van der Waals surface area (Å²) in [6.07, 6.45) is 3.65. The van der Waals surface area contributed by atoms with E-state index in [2.05, 4.69) is 10.3 Å². The molecule has 0 radical (unpaired) electrons. The molecule has 1 unspecified atom stereocenters. The van der Waals surface area contributed by atoms with Crippen LogP contribution >= 0.6 is 11.3 Å². The van der Waals surface area contributed by atoms with Gasteiger partial charge in [-0.2, -0.15) is 0 Å². The number of piperidine rings is 1. The van der Waals surface area contributed by atoms with Gasteiger partial charge in [0, 0.05) is 24.0 Å². The SMILES string of the molecule is NC1CCCN(C(=O)c2cn(Cc3cccs3)nn2)C1. The maximum atomic E-state index is 12.3. The predicted molar refractivity (Wildman–Crippen MR) is 76.6 cm³/mol. The average Bonchev–Trinajstić information content (AvgIpc) is 3.10. The fraction of sp³-hybridized carbons (Fsp3) is 0.462. The molecule has 7 heteroatoms. The van der Waals surface area contributed by atoms with E-state index in [-0.39, 0.29) is 11.9 Å². The minimum Gasteiger partial charge on any atom is -0.336 e. The second-order valence-electron chi connectivity index (χ2n) is 5.03. The molecule has 3 rings (SSSR count). The van der Waals surface area contributed by atoms with Crippen LogP contribution in [0.2, 0.25) is 0 Å². The Bertz CT molecular complexity index is 579. The van der Waals surface area contributed by atoms with E-state index in [1.807, 2.05) is 17.5 Å².